The predicted octanol–water partition coefficient (Wildman–Crippen LogP) is 0.848. The van der Waals surface area contributed by atoms with Crippen LogP contribution in [-0.4, -0.2) is 62.0 Å². The zero-order valence-corrected chi connectivity index (χ0v) is 11.3. The second kappa shape index (κ2) is 8.86. The molecule has 0 bridgehead atoms. The third kappa shape index (κ3) is 5.82. The Labute approximate surface area is 105 Å². The van der Waals surface area contributed by atoms with Crippen LogP contribution in [0.15, 0.2) is 0 Å². The molecule has 1 aliphatic heterocycles. The summed E-state index contributed by atoms with van der Waals surface area (Å²) in [5.74, 6) is 0. The van der Waals surface area contributed by atoms with Crippen LogP contribution in [-0.2, 0) is 4.74 Å². The molecule has 0 aromatic rings. The van der Waals surface area contributed by atoms with Crippen LogP contribution in [0, 0.1) is 0 Å². The van der Waals surface area contributed by atoms with Crippen molar-refractivity contribution >= 4 is 0 Å². The third-order valence-electron chi connectivity index (χ3n) is 3.38. The Bertz CT molecular complexity index is 190. The number of rotatable bonds is 8. The Balaban J connectivity index is 2.27. The molecule has 102 valence electrons. The third-order valence-corrected chi connectivity index (χ3v) is 3.38. The predicted molar refractivity (Wildman–Crippen MR) is 70.3 cm³/mol. The van der Waals surface area contributed by atoms with Gasteiger partial charge in [0.1, 0.15) is 0 Å². The van der Waals surface area contributed by atoms with Crippen molar-refractivity contribution in [3.05, 3.63) is 0 Å². The summed E-state index contributed by atoms with van der Waals surface area (Å²) in [5, 5.41) is 12.2. The molecular weight excluding hydrogens is 216 g/mol. The van der Waals surface area contributed by atoms with Gasteiger partial charge >= 0.3 is 0 Å². The van der Waals surface area contributed by atoms with Gasteiger partial charge in [-0.3, -0.25) is 4.90 Å². The van der Waals surface area contributed by atoms with E-state index in [4.69, 9.17) is 9.84 Å². The molecule has 0 aromatic heterocycles. The van der Waals surface area contributed by atoms with Crippen LogP contribution in [0.3, 0.4) is 0 Å². The Morgan fingerprint density at radius 1 is 1.53 bits per heavy atom. The molecule has 1 rings (SSSR count). The lowest BCUT2D eigenvalue weighted by Gasteiger charge is -2.34. The van der Waals surface area contributed by atoms with Gasteiger partial charge in [0.2, 0.25) is 0 Å². The Morgan fingerprint density at radius 2 is 2.35 bits per heavy atom. The fourth-order valence-corrected chi connectivity index (χ4v) is 2.39. The van der Waals surface area contributed by atoms with Crippen LogP contribution in [0.5, 0.6) is 0 Å². The zero-order chi connectivity index (χ0) is 12.5. The largest absolute Gasteiger partial charge is 0.396 e. The number of aliphatic hydroxyl groups is 1. The van der Waals surface area contributed by atoms with E-state index in [1.807, 2.05) is 7.05 Å². The van der Waals surface area contributed by atoms with Gasteiger partial charge in [0.05, 0.1) is 6.10 Å². The maximum absolute atomic E-state index is 8.98. The number of aliphatic hydroxyl groups excluding tert-OH is 1. The van der Waals surface area contributed by atoms with Crippen molar-refractivity contribution in [2.24, 2.45) is 0 Å². The fourth-order valence-electron chi connectivity index (χ4n) is 2.39. The van der Waals surface area contributed by atoms with Crippen LogP contribution in [0.25, 0.3) is 0 Å². The van der Waals surface area contributed by atoms with Crippen molar-refractivity contribution in [1.82, 2.24) is 10.2 Å². The summed E-state index contributed by atoms with van der Waals surface area (Å²) in [4.78, 5) is 2.46. The van der Waals surface area contributed by atoms with Crippen molar-refractivity contribution in [1.29, 1.82) is 0 Å². The average molecular weight is 244 g/mol. The SMILES string of the molecule is CCCOC1CCCN(CC(CCO)NC)C1. The van der Waals surface area contributed by atoms with Crippen LogP contribution in [0.4, 0.5) is 0 Å². The van der Waals surface area contributed by atoms with Gasteiger partial charge in [-0.05, 0) is 39.3 Å². The molecule has 17 heavy (non-hydrogen) atoms. The molecule has 0 saturated carbocycles. The topological polar surface area (TPSA) is 44.7 Å². The smallest absolute Gasteiger partial charge is 0.0702 e. The Kier molecular flexibility index (Phi) is 7.77. The lowest BCUT2D eigenvalue weighted by molar-refractivity contribution is -0.00261. The van der Waals surface area contributed by atoms with Crippen molar-refractivity contribution < 1.29 is 9.84 Å². The molecule has 1 aliphatic rings. The molecule has 0 spiro atoms. The van der Waals surface area contributed by atoms with Gasteiger partial charge in [-0.25, -0.2) is 0 Å². The van der Waals surface area contributed by atoms with Gasteiger partial charge in [0.25, 0.3) is 0 Å². The molecule has 4 heteroatoms. The number of nitrogens with zero attached hydrogens (tertiary/aromatic N) is 1. The minimum atomic E-state index is 0.259. The fraction of sp³-hybridized carbons (Fsp3) is 1.00. The van der Waals surface area contributed by atoms with E-state index in [0.717, 1.165) is 39.1 Å². The lowest BCUT2D eigenvalue weighted by atomic mass is 10.1. The van der Waals surface area contributed by atoms with Crippen molar-refractivity contribution in [3.8, 4) is 0 Å². The molecule has 0 amide bonds. The molecular formula is C13H28N2O2. The van der Waals surface area contributed by atoms with Crippen molar-refractivity contribution in [2.45, 2.75) is 44.8 Å². The number of hydrogen-bond donors (Lipinski definition) is 2. The van der Waals surface area contributed by atoms with E-state index in [0.29, 0.717) is 12.1 Å². The summed E-state index contributed by atoms with van der Waals surface area (Å²) in [6.07, 6.45) is 4.76. The Morgan fingerprint density at radius 3 is 3.00 bits per heavy atom. The molecule has 1 heterocycles. The number of ether oxygens (including phenoxy) is 1. The summed E-state index contributed by atoms with van der Waals surface area (Å²) in [5.41, 5.74) is 0. The number of nitrogens with one attached hydrogen (secondary N) is 1. The highest BCUT2D eigenvalue weighted by Crippen LogP contribution is 2.14. The minimum Gasteiger partial charge on any atom is -0.396 e. The number of likely N-dealkylation sites (tertiary alicyclic amines) is 1. The maximum Gasteiger partial charge on any atom is 0.0702 e. The molecule has 0 aromatic carbocycles. The number of likely N-dealkylation sites (N-methyl/N-ethyl adjacent to an activating group) is 1. The second-order valence-electron chi connectivity index (χ2n) is 4.89. The second-order valence-corrected chi connectivity index (χ2v) is 4.89. The standard InChI is InChI=1S/C13H28N2O2/c1-3-9-17-13-5-4-7-15(11-13)10-12(14-2)6-8-16/h12-14,16H,3-11H2,1-2H3. The Hall–Kier alpha value is -0.160. The van der Waals surface area contributed by atoms with Gasteiger partial charge in [0.15, 0.2) is 0 Å². The van der Waals surface area contributed by atoms with E-state index in [2.05, 4.69) is 17.1 Å². The normalized spacial score (nSPS) is 23.8. The highest BCUT2D eigenvalue weighted by molar-refractivity contribution is 4.77. The average Bonchev–Trinajstić information content (AvgIpc) is 2.36. The van der Waals surface area contributed by atoms with E-state index >= 15 is 0 Å². The summed E-state index contributed by atoms with van der Waals surface area (Å²) >= 11 is 0. The molecule has 2 N–H and O–H groups in total. The van der Waals surface area contributed by atoms with Crippen LogP contribution in [0.2, 0.25) is 0 Å². The first-order valence-corrected chi connectivity index (χ1v) is 6.92. The molecule has 4 nitrogen and oxygen atoms in total. The monoisotopic (exact) mass is 244 g/mol. The van der Waals surface area contributed by atoms with E-state index in [-0.39, 0.29) is 6.61 Å². The zero-order valence-electron chi connectivity index (χ0n) is 11.3. The van der Waals surface area contributed by atoms with E-state index in [1.165, 1.54) is 12.8 Å². The van der Waals surface area contributed by atoms with Crippen LogP contribution >= 0.6 is 0 Å². The highest BCUT2D eigenvalue weighted by Gasteiger charge is 2.21. The van der Waals surface area contributed by atoms with Crippen molar-refractivity contribution in [2.75, 3.05) is 39.9 Å². The minimum absolute atomic E-state index is 0.259. The first-order chi connectivity index (χ1) is 8.30. The van der Waals surface area contributed by atoms with Crippen LogP contribution < -0.4 is 5.32 Å². The van der Waals surface area contributed by atoms with Crippen molar-refractivity contribution in [3.63, 3.8) is 0 Å². The summed E-state index contributed by atoms with van der Waals surface area (Å²) in [6.45, 7) is 6.51. The van der Waals surface area contributed by atoms with Gasteiger partial charge < -0.3 is 15.2 Å². The van der Waals surface area contributed by atoms with E-state index in [9.17, 15) is 0 Å². The van der Waals surface area contributed by atoms with Crippen LogP contribution in [0.1, 0.15) is 32.6 Å². The molecule has 1 saturated heterocycles. The molecule has 2 atom stereocenters. The summed E-state index contributed by atoms with van der Waals surface area (Å²) < 4.78 is 5.83. The molecule has 0 radical (unpaired) electrons. The van der Waals surface area contributed by atoms with E-state index in [1.54, 1.807) is 0 Å². The first kappa shape index (κ1) is 14.9. The highest BCUT2D eigenvalue weighted by atomic mass is 16.5. The summed E-state index contributed by atoms with van der Waals surface area (Å²) in [7, 11) is 1.97. The number of piperidine rings is 1. The summed E-state index contributed by atoms with van der Waals surface area (Å²) in [6, 6.07) is 0.393. The van der Waals surface area contributed by atoms with Gasteiger partial charge in [-0.15, -0.1) is 0 Å². The van der Waals surface area contributed by atoms with Gasteiger partial charge in [0, 0.05) is 32.3 Å². The first-order valence-electron chi connectivity index (χ1n) is 6.92. The van der Waals surface area contributed by atoms with E-state index < -0.39 is 0 Å². The molecule has 1 fully saturated rings. The number of hydrogen-bond acceptors (Lipinski definition) is 4. The maximum atomic E-state index is 8.98. The quantitative estimate of drug-likeness (QED) is 0.664. The van der Waals surface area contributed by atoms with Gasteiger partial charge in [-0.2, -0.15) is 0 Å². The molecule has 0 aliphatic carbocycles. The van der Waals surface area contributed by atoms with Gasteiger partial charge in [-0.1, -0.05) is 6.92 Å². The molecule has 2 unspecified atom stereocenters. The lowest BCUT2D eigenvalue weighted by Crippen LogP contribution is -2.46.